The topological polar surface area (TPSA) is 111 Å². The SMILES string of the molecule is CCCC/C=C\CCCCCCCC(=O)OC(/C=C\CCCCCCCCCCCC)C(COP(=O)(O)OCC[N+](C)(C)C)NC(=O)CCCCCCCCC/C=C\CCCCCC. The van der Waals surface area contributed by atoms with E-state index in [-0.39, 0.29) is 31.5 Å². The Labute approximate surface area is 396 Å². The lowest BCUT2D eigenvalue weighted by Crippen LogP contribution is -2.47. The predicted molar refractivity (Wildman–Crippen MR) is 272 cm³/mol. The number of ether oxygens (including phenoxy) is 1. The van der Waals surface area contributed by atoms with E-state index in [4.69, 9.17) is 13.8 Å². The number of carbonyl (C=O) groups excluding carboxylic acids is 2. The number of amides is 1. The molecular formula is C54H104N2O7P+. The summed E-state index contributed by atoms with van der Waals surface area (Å²) in [5.74, 6) is -0.519. The summed E-state index contributed by atoms with van der Waals surface area (Å²) >= 11 is 0. The molecule has 0 saturated carbocycles. The van der Waals surface area contributed by atoms with Crippen molar-refractivity contribution in [3.63, 3.8) is 0 Å². The summed E-state index contributed by atoms with van der Waals surface area (Å²) in [5.41, 5.74) is 0. The van der Waals surface area contributed by atoms with Crippen LogP contribution >= 0.6 is 7.82 Å². The summed E-state index contributed by atoms with van der Waals surface area (Å²) in [5, 5.41) is 3.04. The van der Waals surface area contributed by atoms with Crippen molar-refractivity contribution in [2.75, 3.05) is 40.9 Å². The lowest BCUT2D eigenvalue weighted by molar-refractivity contribution is -0.870. The van der Waals surface area contributed by atoms with Crippen LogP contribution in [0.25, 0.3) is 0 Å². The molecule has 0 saturated heterocycles. The molecule has 376 valence electrons. The van der Waals surface area contributed by atoms with Crippen molar-refractivity contribution in [1.82, 2.24) is 5.32 Å². The van der Waals surface area contributed by atoms with Crippen LogP contribution in [0.5, 0.6) is 0 Å². The van der Waals surface area contributed by atoms with Crippen LogP contribution in [-0.4, -0.2) is 74.3 Å². The number of phosphoric acid groups is 1. The van der Waals surface area contributed by atoms with Gasteiger partial charge in [0.05, 0.1) is 33.8 Å². The van der Waals surface area contributed by atoms with Crippen molar-refractivity contribution in [2.45, 2.75) is 258 Å². The van der Waals surface area contributed by atoms with Gasteiger partial charge in [-0.1, -0.05) is 192 Å². The number of carbonyl (C=O) groups is 2. The van der Waals surface area contributed by atoms with Crippen LogP contribution in [0.2, 0.25) is 0 Å². The number of esters is 1. The first-order valence-corrected chi connectivity index (χ1v) is 28.3. The fraction of sp³-hybridized carbons (Fsp3) is 0.852. The maximum Gasteiger partial charge on any atom is 0.472 e. The molecule has 0 fully saturated rings. The number of hydrogen-bond donors (Lipinski definition) is 2. The number of nitrogens with zero attached hydrogens (tertiary/aromatic N) is 1. The molecule has 0 aliphatic heterocycles. The zero-order valence-corrected chi connectivity index (χ0v) is 43.7. The minimum absolute atomic E-state index is 0.0391. The second-order valence-corrected chi connectivity index (χ2v) is 20.8. The molecule has 0 aromatic carbocycles. The van der Waals surface area contributed by atoms with Gasteiger partial charge in [-0.25, -0.2) is 4.57 Å². The molecule has 0 aromatic rings. The summed E-state index contributed by atoms with van der Waals surface area (Å²) < 4.78 is 30.5. The van der Waals surface area contributed by atoms with Crippen LogP contribution in [0.1, 0.15) is 245 Å². The molecule has 0 spiro atoms. The molecule has 64 heavy (non-hydrogen) atoms. The molecule has 0 aliphatic carbocycles. The van der Waals surface area contributed by atoms with Gasteiger partial charge in [0.1, 0.15) is 19.3 Å². The average molecular weight is 924 g/mol. The Balaban J connectivity index is 5.40. The van der Waals surface area contributed by atoms with Gasteiger partial charge in [0.25, 0.3) is 0 Å². The van der Waals surface area contributed by atoms with Crippen molar-refractivity contribution in [2.24, 2.45) is 0 Å². The molecule has 10 heteroatoms. The second kappa shape index (κ2) is 45.0. The Bertz CT molecular complexity index is 1200. The van der Waals surface area contributed by atoms with E-state index in [2.05, 4.69) is 50.4 Å². The molecule has 9 nitrogen and oxygen atoms in total. The monoisotopic (exact) mass is 924 g/mol. The number of rotatable bonds is 48. The normalized spacial score (nSPS) is 14.2. The Morgan fingerprint density at radius 3 is 1.39 bits per heavy atom. The highest BCUT2D eigenvalue weighted by molar-refractivity contribution is 7.47. The zero-order chi connectivity index (χ0) is 47.3. The van der Waals surface area contributed by atoms with Gasteiger partial charge >= 0.3 is 13.8 Å². The maximum atomic E-state index is 13.4. The highest BCUT2D eigenvalue weighted by Crippen LogP contribution is 2.43. The average Bonchev–Trinajstić information content (AvgIpc) is 3.25. The quantitative estimate of drug-likeness (QED) is 0.0206. The Hall–Kier alpha value is -1.77. The van der Waals surface area contributed by atoms with Gasteiger partial charge in [0.15, 0.2) is 0 Å². The standard InChI is InChI=1S/C54H103N2O7P/c1-7-10-13-16-19-22-25-27-28-29-32-34-37-40-43-46-53(57)55-51(50-62-64(59,60)61-49-48-56(4,5)6)52(45-42-39-36-33-31-26-23-20-17-14-11-8-2)63-54(58)47-44-41-38-35-30-24-21-18-15-12-9-3/h18,21-22,25,42,45,51-52H,7-17,19-20,23-24,26-41,43-44,46-50H2,1-6H3,(H-,55,57,59,60)/p+1/b21-18-,25-22-,45-42-. The number of allylic oxidation sites excluding steroid dienone is 5. The van der Waals surface area contributed by atoms with Crippen molar-refractivity contribution >= 4 is 19.7 Å². The smallest absolute Gasteiger partial charge is 0.456 e. The number of quaternary nitrogens is 1. The third-order valence-electron chi connectivity index (χ3n) is 11.8. The van der Waals surface area contributed by atoms with Crippen LogP contribution in [0.4, 0.5) is 0 Å². The Kier molecular flexibility index (Phi) is 43.8. The Morgan fingerprint density at radius 1 is 0.531 bits per heavy atom. The van der Waals surface area contributed by atoms with Gasteiger partial charge in [-0.2, -0.15) is 0 Å². The predicted octanol–water partition coefficient (Wildman–Crippen LogP) is 15.6. The van der Waals surface area contributed by atoms with Gasteiger partial charge in [0.2, 0.25) is 5.91 Å². The molecule has 2 N–H and O–H groups in total. The lowest BCUT2D eigenvalue weighted by atomic mass is 10.0. The fourth-order valence-corrected chi connectivity index (χ4v) is 8.30. The van der Waals surface area contributed by atoms with Crippen LogP contribution in [0.3, 0.4) is 0 Å². The number of nitrogens with one attached hydrogen (secondary N) is 1. The first-order valence-electron chi connectivity index (χ1n) is 26.8. The van der Waals surface area contributed by atoms with E-state index in [0.29, 0.717) is 17.4 Å². The fourth-order valence-electron chi connectivity index (χ4n) is 7.56. The van der Waals surface area contributed by atoms with E-state index < -0.39 is 20.0 Å². The molecule has 0 aromatic heterocycles. The number of likely N-dealkylation sites (N-methyl/N-ethyl adjacent to an activating group) is 1. The Morgan fingerprint density at radius 2 is 0.922 bits per heavy atom. The zero-order valence-electron chi connectivity index (χ0n) is 42.8. The number of hydrogen-bond acceptors (Lipinski definition) is 6. The highest BCUT2D eigenvalue weighted by atomic mass is 31.2. The van der Waals surface area contributed by atoms with Gasteiger partial charge in [-0.05, 0) is 76.7 Å². The minimum atomic E-state index is -4.44. The molecule has 3 unspecified atom stereocenters. The minimum Gasteiger partial charge on any atom is -0.456 e. The molecular weight excluding hydrogens is 820 g/mol. The third kappa shape index (κ3) is 45.4. The van der Waals surface area contributed by atoms with Crippen LogP contribution in [0.15, 0.2) is 36.5 Å². The van der Waals surface area contributed by atoms with E-state index in [1.54, 1.807) is 0 Å². The molecule has 3 atom stereocenters. The first kappa shape index (κ1) is 62.2. The molecule has 1 amide bonds. The highest BCUT2D eigenvalue weighted by Gasteiger charge is 2.30. The van der Waals surface area contributed by atoms with E-state index in [9.17, 15) is 19.0 Å². The molecule has 0 bridgehead atoms. The van der Waals surface area contributed by atoms with Crippen molar-refractivity contribution in [3.05, 3.63) is 36.5 Å². The van der Waals surface area contributed by atoms with Gasteiger partial charge in [0, 0.05) is 12.8 Å². The van der Waals surface area contributed by atoms with Crippen molar-refractivity contribution in [1.29, 1.82) is 0 Å². The van der Waals surface area contributed by atoms with E-state index in [1.807, 2.05) is 33.3 Å². The van der Waals surface area contributed by atoms with Crippen LogP contribution < -0.4 is 5.32 Å². The summed E-state index contributed by atoms with van der Waals surface area (Å²) in [6.45, 7) is 6.95. The summed E-state index contributed by atoms with van der Waals surface area (Å²) in [6.07, 6.45) is 51.3. The second-order valence-electron chi connectivity index (χ2n) is 19.4. The van der Waals surface area contributed by atoms with E-state index in [0.717, 1.165) is 96.3 Å². The first-order chi connectivity index (χ1) is 30.9. The molecule has 0 radical (unpaired) electrons. The van der Waals surface area contributed by atoms with Crippen molar-refractivity contribution < 1.29 is 37.3 Å². The lowest BCUT2D eigenvalue weighted by Gasteiger charge is -2.27. The molecule has 0 rings (SSSR count). The third-order valence-corrected chi connectivity index (χ3v) is 12.8. The van der Waals surface area contributed by atoms with Gasteiger partial charge in [-0.3, -0.25) is 18.6 Å². The largest absolute Gasteiger partial charge is 0.472 e. The summed E-state index contributed by atoms with van der Waals surface area (Å²) in [7, 11) is 1.49. The number of unbranched alkanes of at least 4 members (excludes halogenated alkanes) is 28. The van der Waals surface area contributed by atoms with Crippen molar-refractivity contribution in [3.8, 4) is 0 Å². The van der Waals surface area contributed by atoms with Gasteiger partial charge in [-0.15, -0.1) is 0 Å². The molecule has 0 aliphatic rings. The van der Waals surface area contributed by atoms with E-state index in [1.165, 1.54) is 116 Å². The van der Waals surface area contributed by atoms with Gasteiger partial charge < -0.3 is 19.4 Å². The van der Waals surface area contributed by atoms with Crippen LogP contribution in [-0.2, 0) is 27.9 Å². The number of phosphoric ester groups is 1. The summed E-state index contributed by atoms with van der Waals surface area (Å²) in [4.78, 5) is 37.4. The van der Waals surface area contributed by atoms with E-state index >= 15 is 0 Å². The maximum absolute atomic E-state index is 13.4. The van der Waals surface area contributed by atoms with Crippen LogP contribution in [0, 0.1) is 0 Å². The molecule has 0 heterocycles. The summed E-state index contributed by atoms with van der Waals surface area (Å²) in [6, 6.07) is -0.848.